The van der Waals surface area contributed by atoms with Crippen molar-refractivity contribution in [3.05, 3.63) is 68.7 Å². The Balaban J connectivity index is 0.00000214. The van der Waals surface area contributed by atoms with E-state index in [1.807, 2.05) is 24.5 Å². The smallest absolute Gasteiger partial charge is 0.235 e. The minimum atomic E-state index is -0.420. The van der Waals surface area contributed by atoms with Crippen LogP contribution in [0.2, 0.25) is 0 Å². The molecule has 0 N–H and O–H groups in total. The van der Waals surface area contributed by atoms with E-state index in [-0.39, 0.29) is 64.5 Å². The zero-order valence-corrected chi connectivity index (χ0v) is 33.0. The third kappa shape index (κ3) is 6.47. The van der Waals surface area contributed by atoms with Crippen LogP contribution in [0.25, 0.3) is 48.7 Å². The standard InChI is InChI=1S/C38H40F2N10O2S.2ClH/c1-3-45-10-14-47(15-11-45)33-18-30-24(16-28(33)39)34(51)26(20-48(30)22-4-5-22)36-41-42-38-50(36)43-37(53-38)27-21-49(23-6-7-23)31-19-32(29(40)17-25(31)35(27)52)46-12-8-44(2)9-13-46;;/h16-23H,3-15H2,1-2H3;2*1H. The predicted octanol–water partition coefficient (Wildman–Crippen LogP) is 5.83. The Hall–Kier alpha value is -4.15. The Labute approximate surface area is 331 Å². The molecular weight excluding hydrogens is 769 g/mol. The largest absolute Gasteiger partial charge is 0.367 e. The molecule has 0 atom stereocenters. The monoisotopic (exact) mass is 810 g/mol. The zero-order valence-electron chi connectivity index (χ0n) is 30.6. The fraction of sp³-hybridized carbons (Fsp3) is 0.447. The molecule has 0 amide bonds. The zero-order chi connectivity index (χ0) is 36.1. The van der Waals surface area contributed by atoms with Gasteiger partial charge in [0.2, 0.25) is 10.4 Å². The van der Waals surface area contributed by atoms with Crippen LogP contribution in [-0.4, -0.2) is 105 Å². The lowest BCUT2D eigenvalue weighted by Gasteiger charge is -2.35. The summed E-state index contributed by atoms with van der Waals surface area (Å²) < 4.78 is 37.2. The van der Waals surface area contributed by atoms with E-state index in [1.165, 1.54) is 28.0 Å². The summed E-state index contributed by atoms with van der Waals surface area (Å²) in [6, 6.07) is 6.82. The highest BCUT2D eigenvalue weighted by Crippen LogP contribution is 2.41. The topological polar surface area (TPSA) is 100 Å². The van der Waals surface area contributed by atoms with Gasteiger partial charge in [0, 0.05) is 87.6 Å². The quantitative estimate of drug-likeness (QED) is 0.197. The first-order valence-corrected chi connectivity index (χ1v) is 19.5. The van der Waals surface area contributed by atoms with Gasteiger partial charge >= 0.3 is 0 Å². The van der Waals surface area contributed by atoms with Gasteiger partial charge in [-0.25, -0.2) is 8.78 Å². The summed E-state index contributed by atoms with van der Waals surface area (Å²) in [6.45, 7) is 9.40. The van der Waals surface area contributed by atoms with Crippen molar-refractivity contribution in [2.75, 3.05) is 75.8 Å². The maximum Gasteiger partial charge on any atom is 0.235 e. The van der Waals surface area contributed by atoms with Gasteiger partial charge in [-0.2, -0.15) is 9.61 Å². The van der Waals surface area contributed by atoms with Crippen molar-refractivity contribution in [1.82, 2.24) is 38.7 Å². The Morgan fingerprint density at radius 1 is 0.709 bits per heavy atom. The lowest BCUT2D eigenvalue weighted by Crippen LogP contribution is -2.46. The number of nitrogens with zero attached hydrogens (tertiary/aromatic N) is 10. The van der Waals surface area contributed by atoms with E-state index >= 15 is 8.78 Å². The summed E-state index contributed by atoms with van der Waals surface area (Å²) in [5, 5.41) is 14.5. The average molecular weight is 812 g/mol. The second kappa shape index (κ2) is 14.4. The van der Waals surface area contributed by atoms with Gasteiger partial charge in [-0.3, -0.25) is 9.59 Å². The molecule has 10 rings (SSSR count). The number of halogens is 4. The second-order valence-corrected chi connectivity index (χ2v) is 16.0. The second-order valence-electron chi connectivity index (χ2n) is 15.0. The number of rotatable bonds is 7. The molecule has 6 aromatic rings. The number of anilines is 2. The van der Waals surface area contributed by atoms with Crippen LogP contribution in [0, 0.1) is 11.6 Å². The van der Waals surface area contributed by atoms with Crippen LogP contribution in [0.3, 0.4) is 0 Å². The number of hydrogen-bond acceptors (Lipinski definition) is 10. The normalized spacial score (nSPS) is 18.3. The van der Waals surface area contributed by atoms with Crippen molar-refractivity contribution in [2.24, 2.45) is 0 Å². The lowest BCUT2D eigenvalue weighted by atomic mass is 10.1. The molecule has 2 saturated carbocycles. The molecule has 4 fully saturated rings. The van der Waals surface area contributed by atoms with Crippen LogP contribution in [0.1, 0.15) is 44.7 Å². The first-order chi connectivity index (χ1) is 25.7. The molecule has 2 aliphatic heterocycles. The third-order valence-electron chi connectivity index (χ3n) is 11.5. The van der Waals surface area contributed by atoms with Crippen LogP contribution in [0.5, 0.6) is 0 Å². The van der Waals surface area contributed by atoms with Gasteiger partial charge < -0.3 is 28.7 Å². The van der Waals surface area contributed by atoms with Crippen LogP contribution in [0.4, 0.5) is 20.2 Å². The number of pyridine rings is 2. The molecule has 6 heterocycles. The molecule has 0 spiro atoms. The molecule has 2 aliphatic carbocycles. The summed E-state index contributed by atoms with van der Waals surface area (Å²) >= 11 is 1.19. The van der Waals surface area contributed by atoms with E-state index in [0.717, 1.165) is 90.1 Å². The molecule has 0 radical (unpaired) electrons. The number of aromatic nitrogens is 6. The van der Waals surface area contributed by atoms with E-state index in [9.17, 15) is 9.59 Å². The summed E-state index contributed by atoms with van der Waals surface area (Å²) in [7, 11) is 2.06. The first kappa shape index (κ1) is 37.8. The predicted molar refractivity (Wildman–Crippen MR) is 218 cm³/mol. The van der Waals surface area contributed by atoms with Crippen molar-refractivity contribution in [3.8, 4) is 22.0 Å². The van der Waals surface area contributed by atoms with Crippen LogP contribution >= 0.6 is 36.2 Å². The molecular formula is C38H42Cl2F2N10O2S. The fourth-order valence-electron chi connectivity index (χ4n) is 8.07. The summed E-state index contributed by atoms with van der Waals surface area (Å²) in [5.74, 6) is -0.600. The van der Waals surface area contributed by atoms with Gasteiger partial charge in [0.15, 0.2) is 16.3 Å². The van der Waals surface area contributed by atoms with Gasteiger partial charge in [0.1, 0.15) is 11.6 Å². The Morgan fingerprint density at radius 3 is 1.75 bits per heavy atom. The molecule has 55 heavy (non-hydrogen) atoms. The van der Waals surface area contributed by atoms with Gasteiger partial charge in [-0.15, -0.1) is 35.0 Å². The van der Waals surface area contributed by atoms with E-state index in [1.54, 1.807) is 0 Å². The molecule has 0 bridgehead atoms. The summed E-state index contributed by atoms with van der Waals surface area (Å²) in [6.07, 6.45) is 7.52. The van der Waals surface area contributed by atoms with Crippen molar-refractivity contribution in [3.63, 3.8) is 0 Å². The molecule has 4 aromatic heterocycles. The maximum atomic E-state index is 15.8. The third-order valence-corrected chi connectivity index (χ3v) is 12.5. The summed E-state index contributed by atoms with van der Waals surface area (Å²) in [5.41, 5.74) is 2.42. The minimum Gasteiger partial charge on any atom is -0.367 e. The Kier molecular flexibility index (Phi) is 9.89. The number of piperazine rings is 2. The van der Waals surface area contributed by atoms with Crippen molar-refractivity contribution in [1.29, 1.82) is 0 Å². The van der Waals surface area contributed by atoms with Crippen molar-refractivity contribution < 1.29 is 8.78 Å². The highest BCUT2D eigenvalue weighted by Gasteiger charge is 2.31. The molecule has 2 saturated heterocycles. The molecule has 17 heteroatoms. The molecule has 4 aliphatic rings. The highest BCUT2D eigenvalue weighted by molar-refractivity contribution is 7.19. The van der Waals surface area contributed by atoms with E-state index in [0.29, 0.717) is 37.8 Å². The molecule has 12 nitrogen and oxygen atoms in total. The highest BCUT2D eigenvalue weighted by atomic mass is 35.5. The van der Waals surface area contributed by atoms with Crippen LogP contribution in [-0.2, 0) is 0 Å². The van der Waals surface area contributed by atoms with Crippen LogP contribution in [0.15, 0.2) is 46.2 Å². The number of fused-ring (bicyclic) bond motifs is 3. The molecule has 2 aromatic carbocycles. The maximum absolute atomic E-state index is 15.8. The van der Waals surface area contributed by atoms with E-state index in [2.05, 4.69) is 52.9 Å². The molecule has 0 unspecified atom stereocenters. The van der Waals surface area contributed by atoms with Gasteiger partial charge in [-0.1, -0.05) is 18.3 Å². The minimum absolute atomic E-state index is 0. The Morgan fingerprint density at radius 2 is 1.22 bits per heavy atom. The van der Waals surface area contributed by atoms with E-state index in [4.69, 9.17) is 5.10 Å². The van der Waals surface area contributed by atoms with Gasteiger partial charge in [-0.05, 0) is 63.5 Å². The SMILES string of the molecule is CCN1CCN(c2cc3c(cc2F)c(=O)c(-c2nnc4sc(-c5cn(C6CC6)c6cc(N7CCN(C)CC7)c(F)cc6c5=O)nn24)cn3C2CC2)CC1.Cl.Cl. The number of benzene rings is 2. The van der Waals surface area contributed by atoms with Crippen molar-refractivity contribution in [2.45, 2.75) is 44.7 Å². The van der Waals surface area contributed by atoms with Gasteiger partial charge in [0.05, 0.1) is 33.5 Å². The number of hydrogen-bond donors (Lipinski definition) is 0. The van der Waals surface area contributed by atoms with Crippen LogP contribution < -0.4 is 20.7 Å². The van der Waals surface area contributed by atoms with Crippen molar-refractivity contribution >= 4 is 74.3 Å². The Bertz CT molecular complexity index is 2570. The van der Waals surface area contributed by atoms with Gasteiger partial charge in [0.25, 0.3) is 0 Å². The average Bonchev–Trinajstić information content (AvgIpc) is 4.10. The number of likely N-dealkylation sites (N-methyl/N-ethyl adjacent to an activating group) is 2. The molecule has 290 valence electrons. The fourth-order valence-corrected chi connectivity index (χ4v) is 8.92. The summed E-state index contributed by atoms with van der Waals surface area (Å²) in [4.78, 5) is 37.4. The lowest BCUT2D eigenvalue weighted by molar-refractivity contribution is 0.270. The van der Waals surface area contributed by atoms with E-state index < -0.39 is 11.6 Å². The first-order valence-electron chi connectivity index (χ1n) is 18.7.